The van der Waals surface area contributed by atoms with Crippen molar-refractivity contribution in [3.8, 4) is 0 Å². The van der Waals surface area contributed by atoms with E-state index >= 15 is 0 Å². The van der Waals surface area contributed by atoms with Gasteiger partial charge in [0.2, 0.25) is 0 Å². The van der Waals surface area contributed by atoms with E-state index in [0.717, 1.165) is 0 Å². The smallest absolute Gasteiger partial charge is 0.768 e. The molecule has 60 valence electrons. The fourth-order valence-corrected chi connectivity index (χ4v) is 0.983. The zero-order chi connectivity index (χ0) is 8.43. The summed E-state index contributed by atoms with van der Waals surface area (Å²) in [6.07, 6.45) is 1.27. The molecule has 3 nitrogen and oxygen atoms in total. The molecule has 0 N–H and O–H groups in total. The van der Waals surface area contributed by atoms with Crippen molar-refractivity contribution in [2.75, 3.05) is 0 Å². The number of halogens is 2. The van der Waals surface area contributed by atoms with Crippen molar-refractivity contribution in [2.45, 2.75) is 4.90 Å². The Morgan fingerprint density at radius 2 is 1.75 bits per heavy atom. The molecular weight excluding hydrogens is 199 g/mol. The van der Waals surface area contributed by atoms with Crippen molar-refractivity contribution >= 4 is 11.1 Å². The minimum Gasteiger partial charge on any atom is -0.768 e. The number of aromatic nitrogens is 1. The van der Waals surface area contributed by atoms with E-state index in [9.17, 15) is 17.5 Å². The molecule has 0 aliphatic heterocycles. The van der Waals surface area contributed by atoms with Crippen molar-refractivity contribution in [2.24, 2.45) is 0 Å². The van der Waals surface area contributed by atoms with E-state index in [1.807, 2.05) is 0 Å². The first-order valence-corrected chi connectivity index (χ1v) is 3.58. The predicted octanol–water partition coefficient (Wildman–Crippen LogP) is -2.40. The van der Waals surface area contributed by atoms with Crippen molar-refractivity contribution in [3.63, 3.8) is 0 Å². The molecule has 0 aliphatic carbocycles. The minimum atomic E-state index is -2.89. The number of nitrogens with zero attached hydrogens (tertiary/aromatic N) is 1. The van der Waals surface area contributed by atoms with Crippen molar-refractivity contribution in [3.05, 3.63) is 24.0 Å². The molecule has 1 aromatic rings. The Hall–Kier alpha value is 0.120. The van der Waals surface area contributed by atoms with Crippen LogP contribution in [0.25, 0.3) is 0 Å². The second-order valence-corrected chi connectivity index (χ2v) is 2.54. The van der Waals surface area contributed by atoms with Gasteiger partial charge in [0.1, 0.15) is 0 Å². The summed E-state index contributed by atoms with van der Waals surface area (Å²) in [5.74, 6) is -2.36. The minimum absolute atomic E-state index is 0. The van der Waals surface area contributed by atoms with E-state index in [-0.39, 0.29) is 29.6 Å². The Morgan fingerprint density at radius 3 is 2.00 bits per heavy atom. The Bertz CT molecular complexity index is 289. The van der Waals surface area contributed by atoms with Crippen LogP contribution in [0.5, 0.6) is 0 Å². The van der Waals surface area contributed by atoms with Crippen LogP contribution in [0.15, 0.2) is 17.3 Å². The fraction of sp³-hybridized carbons (Fsp3) is 0. The van der Waals surface area contributed by atoms with Crippen molar-refractivity contribution < 1.29 is 47.1 Å². The zero-order valence-electron chi connectivity index (χ0n) is 6.08. The van der Waals surface area contributed by atoms with Crippen molar-refractivity contribution in [1.82, 2.24) is 4.98 Å². The van der Waals surface area contributed by atoms with Crippen LogP contribution < -0.4 is 29.6 Å². The molecule has 1 rings (SSSR count). The summed E-state index contributed by atoms with van der Waals surface area (Å²) in [6, 6.07) is 0. The van der Waals surface area contributed by atoms with Gasteiger partial charge in [-0.15, -0.1) is 0 Å². The van der Waals surface area contributed by atoms with Crippen LogP contribution in [0.2, 0.25) is 0 Å². The normalized spacial score (nSPS) is 11.9. The van der Waals surface area contributed by atoms with Gasteiger partial charge in [0.05, 0.1) is 17.3 Å². The Morgan fingerprint density at radius 1 is 1.33 bits per heavy atom. The number of rotatable bonds is 1. The van der Waals surface area contributed by atoms with Gasteiger partial charge in [0.25, 0.3) is 0 Å². The summed E-state index contributed by atoms with van der Waals surface area (Å²) in [7, 11) is 0. The van der Waals surface area contributed by atoms with Crippen molar-refractivity contribution in [1.29, 1.82) is 0 Å². The molecule has 12 heavy (non-hydrogen) atoms. The van der Waals surface area contributed by atoms with Crippen LogP contribution in [-0.2, 0) is 11.1 Å². The van der Waals surface area contributed by atoms with E-state index < -0.39 is 27.6 Å². The van der Waals surface area contributed by atoms with Gasteiger partial charge in [-0.3, -0.25) is 9.19 Å². The maximum absolute atomic E-state index is 12.4. The first-order valence-electron chi connectivity index (χ1n) is 2.51. The molecule has 0 amide bonds. The molecule has 1 aromatic heterocycles. The van der Waals surface area contributed by atoms with E-state index in [0.29, 0.717) is 12.4 Å². The van der Waals surface area contributed by atoms with Gasteiger partial charge >= 0.3 is 29.6 Å². The Kier molecular flexibility index (Phi) is 5.03. The van der Waals surface area contributed by atoms with Crippen LogP contribution in [0.3, 0.4) is 0 Å². The summed E-state index contributed by atoms with van der Waals surface area (Å²) in [4.78, 5) is 2.13. The summed E-state index contributed by atoms with van der Waals surface area (Å²) < 4.78 is 45.1. The molecule has 0 saturated heterocycles. The van der Waals surface area contributed by atoms with Crippen LogP contribution in [0.1, 0.15) is 0 Å². The van der Waals surface area contributed by atoms with Gasteiger partial charge < -0.3 is 4.55 Å². The van der Waals surface area contributed by atoms with E-state index in [1.165, 1.54) is 0 Å². The van der Waals surface area contributed by atoms with Crippen LogP contribution in [-0.4, -0.2) is 13.7 Å². The number of hydrogen-bond donors (Lipinski definition) is 0. The fourth-order valence-electron chi connectivity index (χ4n) is 0.559. The van der Waals surface area contributed by atoms with E-state index in [4.69, 9.17) is 0 Å². The zero-order valence-corrected chi connectivity index (χ0v) is 8.90. The standard InChI is InChI=1S/C5H3F2NO2S.Na/c6-3-1-8-2-4(7)5(3)11(9)10;/h1-2H,(H,9,10);/q;+1/p-1. The summed E-state index contributed by atoms with van der Waals surface area (Å²) in [5, 5.41) is 0. The first kappa shape index (κ1) is 12.1. The molecule has 0 fully saturated rings. The van der Waals surface area contributed by atoms with Gasteiger partial charge in [-0.25, -0.2) is 8.78 Å². The average Bonchev–Trinajstić information content (AvgIpc) is 1.85. The molecule has 1 unspecified atom stereocenters. The maximum atomic E-state index is 12.4. The molecule has 0 saturated carbocycles. The van der Waals surface area contributed by atoms with Gasteiger partial charge in [0.15, 0.2) is 11.6 Å². The average molecular weight is 201 g/mol. The Labute approximate surface area is 91.8 Å². The van der Waals surface area contributed by atoms with Crippen LogP contribution in [0.4, 0.5) is 8.78 Å². The third kappa shape index (κ3) is 2.56. The molecule has 7 heteroatoms. The van der Waals surface area contributed by atoms with Gasteiger partial charge in [0, 0.05) is 0 Å². The molecule has 1 heterocycles. The topological polar surface area (TPSA) is 53.0 Å². The molecule has 0 radical (unpaired) electrons. The van der Waals surface area contributed by atoms with Crippen LogP contribution >= 0.6 is 0 Å². The van der Waals surface area contributed by atoms with Gasteiger partial charge in [-0.1, -0.05) is 0 Å². The molecule has 0 spiro atoms. The number of hydrogen-bond acceptors (Lipinski definition) is 3. The molecule has 0 aliphatic rings. The summed E-state index contributed by atoms with van der Waals surface area (Å²) in [6.45, 7) is 0. The molecule has 0 aromatic carbocycles. The molecule has 0 bridgehead atoms. The summed E-state index contributed by atoms with van der Waals surface area (Å²) in [5.41, 5.74) is 0. The molecular formula is C5H2F2NNaO2S. The first-order chi connectivity index (χ1) is 5.13. The predicted molar refractivity (Wildman–Crippen MR) is 31.3 cm³/mol. The molecule has 1 atom stereocenters. The van der Waals surface area contributed by atoms with Gasteiger partial charge in [-0.05, 0) is 11.1 Å². The monoisotopic (exact) mass is 201 g/mol. The quantitative estimate of drug-likeness (QED) is 0.376. The second-order valence-electron chi connectivity index (χ2n) is 1.67. The summed E-state index contributed by atoms with van der Waals surface area (Å²) >= 11 is -2.89. The van der Waals surface area contributed by atoms with Gasteiger partial charge in [-0.2, -0.15) is 0 Å². The third-order valence-electron chi connectivity index (χ3n) is 0.976. The second kappa shape index (κ2) is 4.98. The van der Waals surface area contributed by atoms with Crippen LogP contribution in [0, 0.1) is 11.6 Å². The SMILES string of the molecule is O=S([O-])c1c(F)cncc1F.[Na+]. The third-order valence-corrected chi connectivity index (χ3v) is 1.70. The number of pyridine rings is 1. The van der Waals surface area contributed by atoms with E-state index in [2.05, 4.69) is 4.98 Å². The maximum Gasteiger partial charge on any atom is 1.00 e. The Balaban J connectivity index is 0.00000121. The largest absolute Gasteiger partial charge is 1.00 e. The van der Waals surface area contributed by atoms with E-state index in [1.54, 1.807) is 0 Å².